The molecule has 0 heterocycles. The molecule has 0 saturated heterocycles. The van der Waals surface area contributed by atoms with E-state index >= 15 is 0 Å². The van der Waals surface area contributed by atoms with Gasteiger partial charge in [-0.3, -0.25) is 15.5 Å². The Bertz CT molecular complexity index is 195. The van der Waals surface area contributed by atoms with Crippen molar-refractivity contribution < 1.29 is 35.6 Å². The van der Waals surface area contributed by atoms with Gasteiger partial charge in [0.15, 0.2) is 0 Å². The summed E-state index contributed by atoms with van der Waals surface area (Å²) < 4.78 is 0. The number of rotatable bonds is 0. The predicted octanol–water partition coefficient (Wildman–Crippen LogP) is 3.02. The van der Waals surface area contributed by atoms with E-state index in [1.54, 1.807) is 0 Å². The molecule has 0 bridgehead atoms. The predicted molar refractivity (Wildman–Crippen MR) is 45.0 cm³/mol. The minimum absolute atomic E-state index is 0. The minimum atomic E-state index is 0. The van der Waals surface area contributed by atoms with Gasteiger partial charge in [0, 0.05) is 26.2 Å². The zero-order chi connectivity index (χ0) is 7.02. The van der Waals surface area contributed by atoms with E-state index in [1.807, 2.05) is 0 Å². The first-order chi connectivity index (χ1) is 4.13. The average Bonchev–Trinajstić information content (AvgIpc) is 1.98. The maximum Gasteiger partial charge on any atom is 0 e. The first kappa shape index (κ1) is 18.1. The summed E-state index contributed by atoms with van der Waals surface area (Å²) in [5.74, 6) is 0.560. The van der Waals surface area contributed by atoms with Gasteiger partial charge < -0.3 is 0 Å². The van der Waals surface area contributed by atoms with Crippen LogP contribution in [-0.2, 0) is 26.2 Å². The molecule has 1 aliphatic carbocycles. The Balaban J connectivity index is -0.000000270. The average molecular weight is 252 g/mol. The van der Waals surface area contributed by atoms with Crippen molar-refractivity contribution in [2.45, 2.75) is 27.7 Å². The van der Waals surface area contributed by atoms with Crippen LogP contribution in [0.3, 0.4) is 0 Å². The monoisotopic (exact) mass is 251 g/mol. The van der Waals surface area contributed by atoms with E-state index in [0.717, 1.165) is 0 Å². The van der Waals surface area contributed by atoms with Gasteiger partial charge in [0.25, 0.3) is 0 Å². The third-order valence-electron chi connectivity index (χ3n) is 2.24. The Morgan fingerprint density at radius 3 is 1.58 bits per heavy atom. The van der Waals surface area contributed by atoms with E-state index in [-0.39, 0.29) is 35.6 Å². The van der Waals surface area contributed by atoms with Gasteiger partial charge in [0.2, 0.25) is 0 Å². The molecule has 0 aromatic rings. The van der Waals surface area contributed by atoms with Crippen LogP contribution in [0.15, 0.2) is 16.7 Å². The zero-order valence-electron chi connectivity index (χ0n) is 7.89. The van der Waals surface area contributed by atoms with Gasteiger partial charge in [-0.1, -0.05) is 26.7 Å². The van der Waals surface area contributed by atoms with Crippen LogP contribution in [0.1, 0.15) is 27.7 Å². The first-order valence-electron chi connectivity index (χ1n) is 3.40. The number of allylic oxidation sites excluding steroid dienone is 4. The van der Waals surface area contributed by atoms with Gasteiger partial charge in [0.05, 0.1) is 0 Å². The molecule has 0 fully saturated rings. The maximum atomic E-state index is 3.36. The fourth-order valence-corrected chi connectivity index (χ4v) is 1.16. The molecule has 0 aromatic carbocycles. The van der Waals surface area contributed by atoms with Crippen LogP contribution in [0.2, 0.25) is 0 Å². The minimum Gasteiger partial charge on any atom is -0.269 e. The van der Waals surface area contributed by atoms with Gasteiger partial charge in [-0.05, 0) is 0 Å². The molecule has 0 spiro atoms. The molecular formula is C9H15F2Zr-. The fraction of sp³-hybridized carbons (Fsp3) is 0.556. The largest absolute Gasteiger partial charge is 0.269 e. The van der Waals surface area contributed by atoms with Crippen LogP contribution < -0.4 is 0 Å². The zero-order valence-corrected chi connectivity index (χ0v) is 10.4. The summed E-state index contributed by atoms with van der Waals surface area (Å²) in [5.41, 5.74) is 4.25. The molecule has 1 rings (SSSR count). The molecule has 12 heavy (non-hydrogen) atoms. The third kappa shape index (κ3) is 3.30. The van der Waals surface area contributed by atoms with Gasteiger partial charge in [-0.25, -0.2) is 5.57 Å². The van der Waals surface area contributed by atoms with Gasteiger partial charge in [-0.15, -0.1) is 6.92 Å². The molecule has 0 saturated carbocycles. The molecule has 3 heteroatoms. The molecule has 0 radical (unpaired) electrons. The number of halogens is 2. The molecule has 0 aliphatic heterocycles. The van der Waals surface area contributed by atoms with Crippen LogP contribution in [-0.4, -0.2) is 0 Å². The van der Waals surface area contributed by atoms with E-state index in [4.69, 9.17) is 0 Å². The summed E-state index contributed by atoms with van der Waals surface area (Å²) in [6.45, 7) is 8.67. The topological polar surface area (TPSA) is 0 Å². The maximum absolute atomic E-state index is 3.36. The van der Waals surface area contributed by atoms with Crippen LogP contribution in [0.4, 0.5) is 9.41 Å². The molecule has 1 unspecified atom stereocenters. The van der Waals surface area contributed by atoms with E-state index < -0.39 is 0 Å². The normalized spacial score (nSPS) is 20.3. The quantitative estimate of drug-likeness (QED) is 0.581. The third-order valence-corrected chi connectivity index (χ3v) is 2.24. The smallest absolute Gasteiger partial charge is 0 e. The fourth-order valence-electron chi connectivity index (χ4n) is 1.16. The van der Waals surface area contributed by atoms with Crippen molar-refractivity contribution >= 4 is 0 Å². The second-order valence-electron chi connectivity index (χ2n) is 2.80. The molecule has 1 atom stereocenters. The molecule has 0 aromatic heterocycles. The standard InChI is InChI=1S/C9H13.2FH.Zr/c1-6-5-7(2)9(4)8(6)3;;;/h6H,1-4H3;2*1H;/q-1;;;. The van der Waals surface area contributed by atoms with Crippen molar-refractivity contribution in [1.29, 1.82) is 0 Å². The Morgan fingerprint density at radius 1 is 1.08 bits per heavy atom. The summed E-state index contributed by atoms with van der Waals surface area (Å²) in [6, 6.07) is 0. The Morgan fingerprint density at radius 2 is 1.50 bits per heavy atom. The van der Waals surface area contributed by atoms with E-state index in [9.17, 15) is 0 Å². The van der Waals surface area contributed by atoms with E-state index in [2.05, 4.69) is 33.8 Å². The van der Waals surface area contributed by atoms with Gasteiger partial charge in [-0.2, -0.15) is 11.1 Å². The van der Waals surface area contributed by atoms with Crippen LogP contribution in [0.25, 0.3) is 0 Å². The summed E-state index contributed by atoms with van der Waals surface area (Å²) in [7, 11) is 0. The Labute approximate surface area is 92.0 Å². The van der Waals surface area contributed by atoms with Crippen molar-refractivity contribution in [3.63, 3.8) is 0 Å². The summed E-state index contributed by atoms with van der Waals surface area (Å²) in [5, 5.41) is 0. The molecule has 1 aliphatic rings. The molecule has 0 amide bonds. The van der Waals surface area contributed by atoms with Crippen molar-refractivity contribution in [2.75, 3.05) is 0 Å². The molecule has 70 valence electrons. The Kier molecular flexibility index (Phi) is 10.1. The van der Waals surface area contributed by atoms with E-state index in [1.165, 1.54) is 16.7 Å². The van der Waals surface area contributed by atoms with Crippen molar-refractivity contribution in [1.82, 2.24) is 0 Å². The first-order valence-corrected chi connectivity index (χ1v) is 3.40. The van der Waals surface area contributed by atoms with E-state index in [0.29, 0.717) is 5.92 Å². The van der Waals surface area contributed by atoms with Crippen LogP contribution in [0.5, 0.6) is 0 Å². The van der Waals surface area contributed by atoms with Gasteiger partial charge in [0.1, 0.15) is 0 Å². The molecule has 0 N–H and O–H groups in total. The van der Waals surface area contributed by atoms with Crippen LogP contribution in [0, 0.1) is 12.0 Å². The van der Waals surface area contributed by atoms with Gasteiger partial charge >= 0.3 is 0 Å². The molecule has 0 nitrogen and oxygen atoms in total. The molecular weight excluding hydrogens is 237 g/mol. The second-order valence-corrected chi connectivity index (χ2v) is 2.80. The summed E-state index contributed by atoms with van der Waals surface area (Å²) >= 11 is 0. The SMILES string of the molecule is CC1=[C-]C(C)C(C)=C1C.F.F.[Zr]. The van der Waals surface area contributed by atoms with Crippen molar-refractivity contribution in [3.8, 4) is 0 Å². The second kappa shape index (κ2) is 6.71. The number of hydrogen-bond acceptors (Lipinski definition) is 0. The summed E-state index contributed by atoms with van der Waals surface area (Å²) in [6.07, 6.45) is 3.36. The summed E-state index contributed by atoms with van der Waals surface area (Å²) in [4.78, 5) is 0. The Hall–Kier alpha value is 0.223. The van der Waals surface area contributed by atoms with Crippen LogP contribution >= 0.6 is 0 Å². The van der Waals surface area contributed by atoms with Crippen molar-refractivity contribution in [3.05, 3.63) is 22.8 Å². The number of hydrogen-bond donors (Lipinski definition) is 0. The van der Waals surface area contributed by atoms with Crippen molar-refractivity contribution in [2.24, 2.45) is 5.92 Å².